The molecule has 2 bridgehead atoms. The second-order valence-electron chi connectivity index (χ2n) is 5.85. The molecule has 6 nitrogen and oxygen atoms in total. The molecule has 3 atom stereocenters. The summed E-state index contributed by atoms with van der Waals surface area (Å²) in [6.07, 6.45) is 5.43. The van der Waals surface area contributed by atoms with Crippen molar-refractivity contribution < 1.29 is 24.2 Å². The van der Waals surface area contributed by atoms with E-state index >= 15 is 0 Å². The second kappa shape index (κ2) is 7.10. The molecule has 0 amide bonds. The van der Waals surface area contributed by atoms with Crippen LogP contribution in [0.4, 0.5) is 0 Å². The zero-order valence-corrected chi connectivity index (χ0v) is 13.5. The molecule has 3 unspecified atom stereocenters. The minimum atomic E-state index is -1.91. The van der Waals surface area contributed by atoms with E-state index in [2.05, 4.69) is 0 Å². The SMILES string of the molecule is C1CC2CC1O2.CCC(N)(C(=O)O)C(=O)c1ccccc1OC. The van der Waals surface area contributed by atoms with Crippen molar-refractivity contribution in [2.24, 2.45) is 5.73 Å². The number of hydrogen-bond donors (Lipinski definition) is 2. The van der Waals surface area contributed by atoms with Gasteiger partial charge in [0.2, 0.25) is 0 Å². The molecule has 126 valence electrons. The summed E-state index contributed by atoms with van der Waals surface area (Å²) in [6.45, 7) is 1.56. The fourth-order valence-corrected chi connectivity index (χ4v) is 2.78. The highest BCUT2D eigenvalue weighted by atomic mass is 16.5. The number of ketones is 1. The van der Waals surface area contributed by atoms with E-state index in [1.807, 2.05) is 0 Å². The predicted molar refractivity (Wildman–Crippen MR) is 84.7 cm³/mol. The molecular formula is C17H23NO5. The molecule has 1 aromatic rings. The molecular weight excluding hydrogens is 298 g/mol. The Bertz CT molecular complexity index is 569. The first-order valence-corrected chi connectivity index (χ1v) is 7.78. The first-order chi connectivity index (χ1) is 10.9. The summed E-state index contributed by atoms with van der Waals surface area (Å²) >= 11 is 0. The average Bonchev–Trinajstić information content (AvgIpc) is 3.19. The highest BCUT2D eigenvalue weighted by molar-refractivity contribution is 6.16. The van der Waals surface area contributed by atoms with Crippen LogP contribution < -0.4 is 10.5 Å². The molecule has 3 fully saturated rings. The summed E-state index contributed by atoms with van der Waals surface area (Å²) in [5.41, 5.74) is 3.91. The van der Waals surface area contributed by atoms with Gasteiger partial charge in [0, 0.05) is 0 Å². The molecule has 3 aliphatic rings. The van der Waals surface area contributed by atoms with Gasteiger partial charge in [-0.25, -0.2) is 4.79 Å². The number of Topliss-reactive ketones (excluding diaryl/α,β-unsaturated/α-hetero) is 1. The van der Waals surface area contributed by atoms with Gasteiger partial charge in [-0.05, 0) is 37.8 Å². The van der Waals surface area contributed by atoms with Gasteiger partial charge >= 0.3 is 5.97 Å². The number of fused-ring (bicyclic) bond motifs is 1. The molecule has 2 aliphatic heterocycles. The number of hydrogen-bond acceptors (Lipinski definition) is 5. The number of ether oxygens (including phenoxy) is 2. The standard InChI is InChI=1S/C12H15NO4.C5H8O/c1-3-12(13,11(15)16)10(14)8-6-4-5-7-9(8)17-2;1-2-5-3-4(1)6-5/h4-7H,3,13H2,1-2H3,(H,15,16);4-5H,1-3H2. The lowest BCUT2D eigenvalue weighted by Crippen LogP contribution is -2.54. The third-order valence-corrected chi connectivity index (χ3v) is 4.42. The van der Waals surface area contributed by atoms with Crippen molar-refractivity contribution in [2.75, 3.05) is 7.11 Å². The van der Waals surface area contributed by atoms with Gasteiger partial charge in [0.15, 0.2) is 11.3 Å². The maximum absolute atomic E-state index is 12.1. The number of nitrogens with two attached hydrogens (primary N) is 1. The van der Waals surface area contributed by atoms with Gasteiger partial charge in [-0.2, -0.15) is 0 Å². The van der Waals surface area contributed by atoms with Crippen LogP contribution in [-0.2, 0) is 9.53 Å². The molecule has 0 spiro atoms. The Kier molecular flexibility index (Phi) is 5.38. The average molecular weight is 321 g/mol. The zero-order valence-electron chi connectivity index (χ0n) is 13.5. The number of para-hydroxylation sites is 1. The maximum Gasteiger partial charge on any atom is 0.331 e. The third-order valence-electron chi connectivity index (χ3n) is 4.42. The van der Waals surface area contributed by atoms with Crippen molar-refractivity contribution >= 4 is 11.8 Å². The second-order valence-corrected chi connectivity index (χ2v) is 5.85. The molecule has 3 N–H and O–H groups in total. The van der Waals surface area contributed by atoms with Crippen LogP contribution in [0.5, 0.6) is 5.75 Å². The molecule has 4 rings (SSSR count). The van der Waals surface area contributed by atoms with E-state index in [0.29, 0.717) is 18.0 Å². The highest BCUT2D eigenvalue weighted by Crippen LogP contribution is 2.36. The molecule has 2 saturated heterocycles. The Balaban J connectivity index is 0.000000260. The van der Waals surface area contributed by atoms with E-state index in [-0.39, 0.29) is 12.0 Å². The van der Waals surface area contributed by atoms with Crippen LogP contribution in [0.15, 0.2) is 24.3 Å². The molecule has 23 heavy (non-hydrogen) atoms. The third kappa shape index (κ3) is 3.54. The zero-order chi connectivity index (χ0) is 17.0. The molecule has 1 aliphatic carbocycles. The smallest absolute Gasteiger partial charge is 0.331 e. The van der Waals surface area contributed by atoms with Gasteiger partial charge in [-0.3, -0.25) is 4.79 Å². The quantitative estimate of drug-likeness (QED) is 0.636. The Labute approximate surface area is 135 Å². The lowest BCUT2D eigenvalue weighted by molar-refractivity contribution is -0.141. The Morgan fingerprint density at radius 2 is 1.91 bits per heavy atom. The van der Waals surface area contributed by atoms with Crippen molar-refractivity contribution in [3.8, 4) is 5.75 Å². The number of carboxylic acid groups (broad SMARTS) is 1. The van der Waals surface area contributed by atoms with E-state index in [1.54, 1.807) is 25.1 Å². The van der Waals surface area contributed by atoms with Crippen LogP contribution >= 0.6 is 0 Å². The Morgan fingerprint density at radius 3 is 2.30 bits per heavy atom. The first-order valence-electron chi connectivity index (χ1n) is 7.78. The lowest BCUT2D eigenvalue weighted by Gasteiger charge is -2.23. The van der Waals surface area contributed by atoms with Gasteiger partial charge in [0.1, 0.15) is 5.75 Å². The van der Waals surface area contributed by atoms with Crippen molar-refractivity contribution in [2.45, 2.75) is 50.4 Å². The van der Waals surface area contributed by atoms with Crippen molar-refractivity contribution in [1.82, 2.24) is 0 Å². The van der Waals surface area contributed by atoms with Gasteiger partial charge in [0.05, 0.1) is 24.9 Å². The van der Waals surface area contributed by atoms with E-state index < -0.39 is 17.3 Å². The van der Waals surface area contributed by atoms with E-state index in [1.165, 1.54) is 32.4 Å². The van der Waals surface area contributed by atoms with Gasteiger partial charge in [-0.15, -0.1) is 0 Å². The van der Waals surface area contributed by atoms with Crippen molar-refractivity contribution in [1.29, 1.82) is 0 Å². The Morgan fingerprint density at radius 1 is 1.35 bits per heavy atom. The maximum atomic E-state index is 12.1. The monoisotopic (exact) mass is 321 g/mol. The van der Waals surface area contributed by atoms with E-state index in [4.69, 9.17) is 20.3 Å². The fraction of sp³-hybridized carbons (Fsp3) is 0.529. The van der Waals surface area contributed by atoms with Crippen LogP contribution in [-0.4, -0.2) is 41.7 Å². The number of carbonyl (C=O) groups is 2. The molecule has 1 aromatic carbocycles. The summed E-state index contributed by atoms with van der Waals surface area (Å²) in [5, 5.41) is 9.04. The fourth-order valence-electron chi connectivity index (χ4n) is 2.78. The molecule has 1 saturated carbocycles. The molecule has 0 radical (unpaired) electrons. The number of aliphatic carboxylic acids is 1. The van der Waals surface area contributed by atoms with Crippen LogP contribution in [0.2, 0.25) is 0 Å². The number of benzene rings is 1. The summed E-state index contributed by atoms with van der Waals surface area (Å²) < 4.78 is 10.3. The Hall–Kier alpha value is -1.92. The van der Waals surface area contributed by atoms with Crippen LogP contribution in [0.3, 0.4) is 0 Å². The number of methoxy groups -OCH3 is 1. The first kappa shape index (κ1) is 17.4. The van der Waals surface area contributed by atoms with Crippen molar-refractivity contribution in [3.63, 3.8) is 0 Å². The molecule has 6 heteroatoms. The number of rotatable bonds is 5. The van der Waals surface area contributed by atoms with Crippen LogP contribution in [0.1, 0.15) is 43.0 Å². The molecule has 2 heterocycles. The molecule has 0 aromatic heterocycles. The summed E-state index contributed by atoms with van der Waals surface area (Å²) in [5.74, 6) is -1.66. The van der Waals surface area contributed by atoms with E-state index in [9.17, 15) is 9.59 Å². The van der Waals surface area contributed by atoms with Crippen LogP contribution in [0, 0.1) is 0 Å². The van der Waals surface area contributed by atoms with E-state index in [0.717, 1.165) is 0 Å². The van der Waals surface area contributed by atoms with Gasteiger partial charge in [0.25, 0.3) is 0 Å². The van der Waals surface area contributed by atoms with Gasteiger partial charge in [-0.1, -0.05) is 19.1 Å². The minimum absolute atomic E-state index is 0.0131. The van der Waals surface area contributed by atoms with Crippen LogP contribution in [0.25, 0.3) is 0 Å². The topological polar surface area (TPSA) is 98.9 Å². The van der Waals surface area contributed by atoms with Crippen molar-refractivity contribution in [3.05, 3.63) is 29.8 Å². The number of carboxylic acids is 1. The van der Waals surface area contributed by atoms with Gasteiger partial charge < -0.3 is 20.3 Å². The largest absolute Gasteiger partial charge is 0.496 e. The normalized spacial score (nSPS) is 23.8. The minimum Gasteiger partial charge on any atom is -0.496 e. The lowest BCUT2D eigenvalue weighted by atomic mass is 9.87. The predicted octanol–water partition coefficient (Wildman–Crippen LogP) is 2.01. The summed E-state index contributed by atoms with van der Waals surface area (Å²) in [7, 11) is 1.41. The summed E-state index contributed by atoms with van der Waals surface area (Å²) in [4.78, 5) is 23.2. The highest BCUT2D eigenvalue weighted by Gasteiger charge is 2.41. The summed E-state index contributed by atoms with van der Waals surface area (Å²) in [6, 6.07) is 6.42. The number of carbonyl (C=O) groups excluding carboxylic acids is 1.